The standard InChI is InChI=1S/C18H15F2N3O4/c1-10-12(18(25)26)8-11(27-10)9-22(2)17(24)15-6-7-23(21-15)16-13(19)4-3-5-14(16)20/h3-8H,9H2,1-2H3,(H,25,26). The summed E-state index contributed by atoms with van der Waals surface area (Å²) in [5.41, 5.74) is -0.390. The molecule has 0 saturated heterocycles. The number of nitrogens with zero attached hydrogens (tertiary/aromatic N) is 3. The molecule has 0 fully saturated rings. The Labute approximate surface area is 152 Å². The van der Waals surface area contributed by atoms with Gasteiger partial charge in [0.15, 0.2) is 17.3 Å². The van der Waals surface area contributed by atoms with Gasteiger partial charge in [0, 0.05) is 13.2 Å². The van der Waals surface area contributed by atoms with E-state index in [2.05, 4.69) is 5.10 Å². The SMILES string of the molecule is Cc1oc(CN(C)C(=O)c2ccn(-c3c(F)cccc3F)n2)cc1C(=O)O. The first-order chi connectivity index (χ1) is 12.8. The predicted octanol–water partition coefficient (Wildman–Crippen LogP) is 3.02. The van der Waals surface area contributed by atoms with Crippen LogP contribution in [0.15, 0.2) is 40.9 Å². The van der Waals surface area contributed by atoms with Crippen LogP contribution in [0.4, 0.5) is 8.78 Å². The van der Waals surface area contributed by atoms with Crippen LogP contribution < -0.4 is 0 Å². The van der Waals surface area contributed by atoms with Gasteiger partial charge in [-0.25, -0.2) is 18.3 Å². The molecule has 3 aromatic rings. The number of carboxylic acids is 1. The maximum Gasteiger partial charge on any atom is 0.339 e. The Morgan fingerprint density at radius 2 is 1.93 bits per heavy atom. The molecule has 9 heteroatoms. The number of para-hydroxylation sites is 1. The number of rotatable bonds is 5. The molecule has 1 aromatic carbocycles. The average molecular weight is 375 g/mol. The van der Waals surface area contributed by atoms with Crippen molar-refractivity contribution in [3.8, 4) is 5.69 Å². The van der Waals surface area contributed by atoms with Gasteiger partial charge in [0.05, 0.1) is 6.54 Å². The molecule has 7 nitrogen and oxygen atoms in total. The summed E-state index contributed by atoms with van der Waals surface area (Å²) in [5.74, 6) is -2.73. The largest absolute Gasteiger partial charge is 0.478 e. The molecule has 2 aromatic heterocycles. The quantitative estimate of drug-likeness (QED) is 0.741. The third kappa shape index (κ3) is 3.57. The molecule has 3 rings (SSSR count). The second-order valence-electron chi connectivity index (χ2n) is 5.86. The van der Waals surface area contributed by atoms with E-state index in [0.29, 0.717) is 5.76 Å². The lowest BCUT2D eigenvalue weighted by atomic mass is 10.2. The predicted molar refractivity (Wildman–Crippen MR) is 89.7 cm³/mol. The summed E-state index contributed by atoms with van der Waals surface area (Å²) >= 11 is 0. The Bertz CT molecular complexity index is 1010. The smallest absolute Gasteiger partial charge is 0.339 e. The molecule has 140 valence electrons. The fourth-order valence-electron chi connectivity index (χ4n) is 2.61. The van der Waals surface area contributed by atoms with E-state index in [0.717, 1.165) is 16.8 Å². The van der Waals surface area contributed by atoms with E-state index in [4.69, 9.17) is 9.52 Å². The van der Waals surface area contributed by atoms with Crippen molar-refractivity contribution in [2.45, 2.75) is 13.5 Å². The molecular weight excluding hydrogens is 360 g/mol. The molecule has 0 unspecified atom stereocenters. The first-order valence-electron chi connectivity index (χ1n) is 7.86. The van der Waals surface area contributed by atoms with E-state index < -0.39 is 23.5 Å². The van der Waals surface area contributed by atoms with Crippen molar-refractivity contribution in [3.63, 3.8) is 0 Å². The number of aromatic carboxylic acids is 1. The summed E-state index contributed by atoms with van der Waals surface area (Å²) in [4.78, 5) is 24.8. The van der Waals surface area contributed by atoms with Gasteiger partial charge in [0.2, 0.25) is 0 Å². The minimum absolute atomic E-state index is 0.00781. The van der Waals surface area contributed by atoms with Gasteiger partial charge in [0.25, 0.3) is 5.91 Å². The van der Waals surface area contributed by atoms with E-state index >= 15 is 0 Å². The fourth-order valence-corrected chi connectivity index (χ4v) is 2.61. The molecule has 0 aliphatic heterocycles. The van der Waals surface area contributed by atoms with Gasteiger partial charge >= 0.3 is 5.97 Å². The minimum Gasteiger partial charge on any atom is -0.478 e. The van der Waals surface area contributed by atoms with E-state index in [9.17, 15) is 18.4 Å². The molecule has 0 bridgehead atoms. The number of amides is 1. The first kappa shape index (κ1) is 18.3. The van der Waals surface area contributed by atoms with Crippen molar-refractivity contribution >= 4 is 11.9 Å². The van der Waals surface area contributed by atoms with Crippen molar-refractivity contribution < 1.29 is 27.9 Å². The van der Waals surface area contributed by atoms with E-state index in [-0.39, 0.29) is 29.2 Å². The molecule has 0 spiro atoms. The van der Waals surface area contributed by atoms with Crippen LogP contribution in [0.25, 0.3) is 5.69 Å². The van der Waals surface area contributed by atoms with Gasteiger partial charge in [-0.05, 0) is 31.2 Å². The van der Waals surface area contributed by atoms with E-state index in [1.807, 2.05) is 0 Å². The fraction of sp³-hybridized carbons (Fsp3) is 0.167. The summed E-state index contributed by atoms with van der Waals surface area (Å²) in [6.07, 6.45) is 1.28. The summed E-state index contributed by atoms with van der Waals surface area (Å²) in [5, 5.41) is 13.0. The van der Waals surface area contributed by atoms with Crippen molar-refractivity contribution in [1.82, 2.24) is 14.7 Å². The summed E-state index contributed by atoms with van der Waals surface area (Å²) in [6.45, 7) is 1.52. The Kier molecular flexibility index (Phi) is 4.76. The Morgan fingerprint density at radius 1 is 1.26 bits per heavy atom. The zero-order chi connectivity index (χ0) is 19.7. The maximum absolute atomic E-state index is 13.8. The Hall–Kier alpha value is -3.49. The molecule has 0 saturated carbocycles. The van der Waals surface area contributed by atoms with Crippen LogP contribution in [0.3, 0.4) is 0 Å². The van der Waals surface area contributed by atoms with E-state index in [1.54, 1.807) is 0 Å². The molecule has 0 aliphatic rings. The number of furan rings is 1. The molecule has 0 atom stereocenters. The zero-order valence-electron chi connectivity index (χ0n) is 14.4. The van der Waals surface area contributed by atoms with Crippen molar-refractivity contribution in [1.29, 1.82) is 0 Å². The number of aromatic nitrogens is 2. The van der Waals surface area contributed by atoms with Crippen molar-refractivity contribution in [2.75, 3.05) is 7.05 Å². The highest BCUT2D eigenvalue weighted by Crippen LogP contribution is 2.19. The minimum atomic E-state index is -1.12. The van der Waals surface area contributed by atoms with Crippen LogP contribution in [-0.4, -0.2) is 38.7 Å². The van der Waals surface area contributed by atoms with Crippen LogP contribution in [0.2, 0.25) is 0 Å². The summed E-state index contributed by atoms with van der Waals surface area (Å²) in [7, 11) is 1.48. The number of carboxylic acid groups (broad SMARTS) is 1. The number of benzene rings is 1. The topological polar surface area (TPSA) is 88.6 Å². The lowest BCUT2D eigenvalue weighted by Crippen LogP contribution is -2.26. The molecule has 1 N–H and O–H groups in total. The van der Waals surface area contributed by atoms with Crippen LogP contribution in [0, 0.1) is 18.6 Å². The van der Waals surface area contributed by atoms with Crippen LogP contribution in [-0.2, 0) is 6.54 Å². The molecule has 2 heterocycles. The molecule has 0 radical (unpaired) electrons. The number of carbonyl (C=O) groups is 2. The lowest BCUT2D eigenvalue weighted by Gasteiger charge is -2.14. The van der Waals surface area contributed by atoms with Gasteiger partial charge in [-0.1, -0.05) is 6.07 Å². The molecular formula is C18H15F2N3O4. The normalized spacial score (nSPS) is 10.8. The number of hydrogen-bond acceptors (Lipinski definition) is 4. The second kappa shape index (κ2) is 7.02. The summed E-state index contributed by atoms with van der Waals surface area (Å²) < 4.78 is 34.0. The second-order valence-corrected chi connectivity index (χ2v) is 5.86. The lowest BCUT2D eigenvalue weighted by molar-refractivity contribution is 0.0694. The van der Waals surface area contributed by atoms with Gasteiger partial charge in [-0.15, -0.1) is 0 Å². The van der Waals surface area contributed by atoms with Gasteiger partial charge in [-0.2, -0.15) is 5.10 Å². The van der Waals surface area contributed by atoms with Gasteiger partial charge in [-0.3, -0.25) is 4.79 Å². The first-order valence-corrected chi connectivity index (χ1v) is 7.86. The number of hydrogen-bond donors (Lipinski definition) is 1. The Morgan fingerprint density at radius 3 is 2.52 bits per heavy atom. The van der Waals surface area contributed by atoms with Crippen LogP contribution in [0.1, 0.15) is 32.4 Å². The Balaban J connectivity index is 1.79. The third-order valence-corrected chi connectivity index (χ3v) is 3.91. The molecule has 27 heavy (non-hydrogen) atoms. The zero-order valence-corrected chi connectivity index (χ0v) is 14.4. The van der Waals surface area contributed by atoms with E-state index in [1.165, 1.54) is 43.3 Å². The molecule has 1 amide bonds. The third-order valence-electron chi connectivity index (χ3n) is 3.91. The van der Waals surface area contributed by atoms with Crippen LogP contribution >= 0.6 is 0 Å². The van der Waals surface area contributed by atoms with Gasteiger partial charge in [0.1, 0.15) is 22.8 Å². The number of carbonyl (C=O) groups excluding carboxylic acids is 1. The van der Waals surface area contributed by atoms with Crippen molar-refractivity contribution in [2.24, 2.45) is 0 Å². The highest BCUT2D eigenvalue weighted by molar-refractivity contribution is 5.92. The highest BCUT2D eigenvalue weighted by Gasteiger charge is 2.20. The van der Waals surface area contributed by atoms with Gasteiger partial charge < -0.3 is 14.4 Å². The highest BCUT2D eigenvalue weighted by atomic mass is 19.1. The number of aryl methyl sites for hydroxylation is 1. The monoisotopic (exact) mass is 375 g/mol. The maximum atomic E-state index is 13.8. The number of halogens is 2. The summed E-state index contributed by atoms with van der Waals surface area (Å²) in [6, 6.07) is 6.09. The molecule has 0 aliphatic carbocycles. The van der Waals surface area contributed by atoms with Crippen LogP contribution in [0.5, 0.6) is 0 Å². The average Bonchev–Trinajstić information content (AvgIpc) is 3.21. The van der Waals surface area contributed by atoms with Crippen molar-refractivity contribution in [3.05, 3.63) is 70.9 Å².